The number of carbonyl (C=O) groups excluding carboxylic acids is 1. The standard InChI is InChI=1S/C22H25NO/c1-4-16-23(17-5-2)22(24)21-15-11-10-14-20(21)19(6-3)18-12-8-7-9-13-18/h4-5,7-15,19H,1-2,6,16-17H2,3H3. The summed E-state index contributed by atoms with van der Waals surface area (Å²) in [5.74, 6) is 0.237. The van der Waals surface area contributed by atoms with Crippen molar-refractivity contribution in [3.63, 3.8) is 0 Å². The molecule has 0 aliphatic heterocycles. The van der Waals surface area contributed by atoms with Crippen LogP contribution in [0.4, 0.5) is 0 Å². The van der Waals surface area contributed by atoms with Gasteiger partial charge in [-0.25, -0.2) is 0 Å². The Morgan fingerprint density at radius 3 is 2.17 bits per heavy atom. The van der Waals surface area contributed by atoms with Crippen molar-refractivity contribution < 1.29 is 4.79 Å². The molecule has 2 heteroatoms. The third-order valence-electron chi connectivity index (χ3n) is 4.16. The van der Waals surface area contributed by atoms with Crippen molar-refractivity contribution >= 4 is 5.91 Å². The number of amides is 1. The Kier molecular flexibility index (Phi) is 6.56. The summed E-state index contributed by atoms with van der Waals surface area (Å²) >= 11 is 0. The molecule has 2 nitrogen and oxygen atoms in total. The third kappa shape index (κ3) is 4.02. The quantitative estimate of drug-likeness (QED) is 0.624. The molecule has 2 aromatic rings. The van der Waals surface area contributed by atoms with Crippen LogP contribution in [-0.4, -0.2) is 23.9 Å². The minimum absolute atomic E-state index is 0.0276. The molecule has 0 heterocycles. The lowest BCUT2D eigenvalue weighted by Gasteiger charge is -2.24. The van der Waals surface area contributed by atoms with Gasteiger partial charge in [-0.05, 0) is 23.6 Å². The number of rotatable bonds is 8. The summed E-state index contributed by atoms with van der Waals surface area (Å²) in [7, 11) is 0. The molecule has 0 radical (unpaired) electrons. The van der Waals surface area contributed by atoms with E-state index in [1.807, 2.05) is 36.4 Å². The van der Waals surface area contributed by atoms with Crippen molar-refractivity contribution in [3.8, 4) is 0 Å². The van der Waals surface area contributed by atoms with E-state index in [-0.39, 0.29) is 11.8 Å². The van der Waals surface area contributed by atoms with E-state index in [0.29, 0.717) is 13.1 Å². The van der Waals surface area contributed by atoms with Gasteiger partial charge in [-0.15, -0.1) is 13.2 Å². The second-order valence-electron chi connectivity index (χ2n) is 5.75. The molecule has 1 amide bonds. The molecule has 0 fully saturated rings. The molecular weight excluding hydrogens is 294 g/mol. The van der Waals surface area contributed by atoms with Crippen LogP contribution in [0.1, 0.15) is 40.7 Å². The fourth-order valence-electron chi connectivity index (χ4n) is 3.04. The Morgan fingerprint density at radius 1 is 1.00 bits per heavy atom. The molecule has 0 aliphatic rings. The zero-order valence-corrected chi connectivity index (χ0v) is 14.3. The molecule has 0 saturated carbocycles. The van der Waals surface area contributed by atoms with Gasteiger partial charge in [-0.1, -0.05) is 67.6 Å². The summed E-state index contributed by atoms with van der Waals surface area (Å²) < 4.78 is 0. The molecule has 0 bridgehead atoms. The average molecular weight is 319 g/mol. The predicted molar refractivity (Wildman–Crippen MR) is 101 cm³/mol. The number of carbonyl (C=O) groups is 1. The first-order chi connectivity index (χ1) is 11.7. The van der Waals surface area contributed by atoms with Gasteiger partial charge in [0.25, 0.3) is 5.91 Å². The third-order valence-corrected chi connectivity index (χ3v) is 4.16. The Balaban J connectivity index is 2.44. The number of hydrogen-bond acceptors (Lipinski definition) is 1. The monoisotopic (exact) mass is 319 g/mol. The van der Waals surface area contributed by atoms with E-state index >= 15 is 0 Å². The van der Waals surface area contributed by atoms with Crippen LogP contribution in [0, 0.1) is 0 Å². The van der Waals surface area contributed by atoms with Crippen LogP contribution in [0.25, 0.3) is 0 Å². The summed E-state index contributed by atoms with van der Waals surface area (Å²) in [5.41, 5.74) is 3.07. The van der Waals surface area contributed by atoms with Gasteiger partial charge in [-0.3, -0.25) is 4.79 Å². The van der Waals surface area contributed by atoms with Crippen LogP contribution in [0.15, 0.2) is 79.9 Å². The molecule has 2 aromatic carbocycles. The van der Waals surface area contributed by atoms with Gasteiger partial charge in [0.05, 0.1) is 0 Å². The smallest absolute Gasteiger partial charge is 0.254 e. The van der Waals surface area contributed by atoms with Crippen molar-refractivity contribution in [2.45, 2.75) is 19.3 Å². The number of benzene rings is 2. The summed E-state index contributed by atoms with van der Waals surface area (Å²) in [4.78, 5) is 14.8. The van der Waals surface area contributed by atoms with Gasteiger partial charge in [-0.2, -0.15) is 0 Å². The Labute approximate surface area is 145 Å². The SMILES string of the molecule is C=CCN(CC=C)C(=O)c1ccccc1C(CC)c1ccccc1. The Hall–Kier alpha value is -2.61. The fraction of sp³-hybridized carbons (Fsp3) is 0.227. The van der Waals surface area contributed by atoms with E-state index in [0.717, 1.165) is 17.5 Å². The molecule has 2 rings (SSSR count). The molecule has 124 valence electrons. The van der Waals surface area contributed by atoms with Gasteiger partial charge >= 0.3 is 0 Å². The van der Waals surface area contributed by atoms with E-state index in [4.69, 9.17) is 0 Å². The maximum Gasteiger partial charge on any atom is 0.254 e. The normalized spacial score (nSPS) is 11.5. The largest absolute Gasteiger partial charge is 0.331 e. The van der Waals surface area contributed by atoms with E-state index in [1.54, 1.807) is 17.1 Å². The molecular formula is C22H25NO. The van der Waals surface area contributed by atoms with Crippen LogP contribution in [-0.2, 0) is 0 Å². The van der Waals surface area contributed by atoms with E-state index in [9.17, 15) is 4.79 Å². The van der Waals surface area contributed by atoms with Crippen molar-refractivity contribution in [1.82, 2.24) is 4.90 Å². The maximum absolute atomic E-state index is 13.0. The van der Waals surface area contributed by atoms with E-state index in [1.165, 1.54) is 5.56 Å². The zero-order valence-electron chi connectivity index (χ0n) is 14.3. The van der Waals surface area contributed by atoms with Crippen molar-refractivity contribution in [2.75, 3.05) is 13.1 Å². The average Bonchev–Trinajstić information content (AvgIpc) is 2.63. The molecule has 0 aromatic heterocycles. The minimum atomic E-state index is 0.0276. The highest BCUT2D eigenvalue weighted by Crippen LogP contribution is 2.30. The molecule has 0 N–H and O–H groups in total. The first-order valence-corrected chi connectivity index (χ1v) is 8.37. The highest BCUT2D eigenvalue weighted by Gasteiger charge is 2.22. The molecule has 0 saturated heterocycles. The molecule has 0 spiro atoms. The van der Waals surface area contributed by atoms with E-state index in [2.05, 4.69) is 38.3 Å². The highest BCUT2D eigenvalue weighted by atomic mass is 16.2. The highest BCUT2D eigenvalue weighted by molar-refractivity contribution is 5.96. The zero-order chi connectivity index (χ0) is 17.4. The Bertz CT molecular complexity index is 680. The summed E-state index contributed by atoms with van der Waals surface area (Å²) in [6.45, 7) is 10.7. The van der Waals surface area contributed by atoms with Gasteiger partial charge < -0.3 is 4.90 Å². The van der Waals surface area contributed by atoms with Crippen LogP contribution in [0.5, 0.6) is 0 Å². The minimum Gasteiger partial charge on any atom is -0.331 e. The van der Waals surface area contributed by atoms with Crippen LogP contribution < -0.4 is 0 Å². The van der Waals surface area contributed by atoms with Crippen molar-refractivity contribution in [2.24, 2.45) is 0 Å². The predicted octanol–water partition coefficient (Wildman–Crippen LogP) is 5.04. The van der Waals surface area contributed by atoms with Crippen LogP contribution in [0.3, 0.4) is 0 Å². The van der Waals surface area contributed by atoms with Gasteiger partial charge in [0.2, 0.25) is 0 Å². The van der Waals surface area contributed by atoms with E-state index < -0.39 is 0 Å². The molecule has 1 unspecified atom stereocenters. The molecule has 0 aliphatic carbocycles. The summed E-state index contributed by atoms with van der Waals surface area (Å²) in [6.07, 6.45) is 4.44. The lowest BCUT2D eigenvalue weighted by molar-refractivity contribution is 0.0789. The van der Waals surface area contributed by atoms with Crippen LogP contribution in [0.2, 0.25) is 0 Å². The van der Waals surface area contributed by atoms with Crippen molar-refractivity contribution in [1.29, 1.82) is 0 Å². The lowest BCUT2D eigenvalue weighted by atomic mass is 9.86. The second kappa shape index (κ2) is 8.88. The first-order valence-electron chi connectivity index (χ1n) is 8.37. The fourth-order valence-corrected chi connectivity index (χ4v) is 3.04. The van der Waals surface area contributed by atoms with Gasteiger partial charge in [0, 0.05) is 24.6 Å². The molecule has 1 atom stereocenters. The van der Waals surface area contributed by atoms with Gasteiger partial charge in [0.15, 0.2) is 0 Å². The number of nitrogens with zero attached hydrogens (tertiary/aromatic N) is 1. The maximum atomic E-state index is 13.0. The summed E-state index contributed by atoms with van der Waals surface area (Å²) in [5, 5.41) is 0. The second-order valence-corrected chi connectivity index (χ2v) is 5.75. The number of hydrogen-bond donors (Lipinski definition) is 0. The molecule has 24 heavy (non-hydrogen) atoms. The topological polar surface area (TPSA) is 20.3 Å². The van der Waals surface area contributed by atoms with Crippen molar-refractivity contribution in [3.05, 3.63) is 96.6 Å². The summed E-state index contributed by atoms with van der Waals surface area (Å²) in [6, 6.07) is 18.3. The van der Waals surface area contributed by atoms with Gasteiger partial charge in [0.1, 0.15) is 0 Å². The Morgan fingerprint density at radius 2 is 1.58 bits per heavy atom. The lowest BCUT2D eigenvalue weighted by Crippen LogP contribution is -2.32. The van der Waals surface area contributed by atoms with Crippen LogP contribution >= 0.6 is 0 Å². The first kappa shape index (κ1) is 17.7.